The SMILES string of the molecule is CC(=O)C(=[N+]=[N-])C(=O)CCc1ccc(S(=O)(=O)N2CCCCC2)cc1. The maximum Gasteiger partial charge on any atom is 0.399 e. The highest BCUT2D eigenvalue weighted by molar-refractivity contribution is 7.89. The fourth-order valence-corrected chi connectivity index (χ4v) is 4.30. The summed E-state index contributed by atoms with van der Waals surface area (Å²) in [4.78, 5) is 25.9. The van der Waals surface area contributed by atoms with Crippen LogP contribution >= 0.6 is 0 Å². The Morgan fingerprint density at radius 2 is 1.72 bits per heavy atom. The Hall–Kier alpha value is -2.15. The zero-order valence-electron chi connectivity index (χ0n) is 14.1. The van der Waals surface area contributed by atoms with Crippen molar-refractivity contribution in [2.75, 3.05) is 13.1 Å². The van der Waals surface area contributed by atoms with Gasteiger partial charge in [-0.25, -0.2) is 8.42 Å². The molecule has 25 heavy (non-hydrogen) atoms. The minimum absolute atomic E-state index is 0.0111. The van der Waals surface area contributed by atoms with Crippen LogP contribution in [0.3, 0.4) is 0 Å². The summed E-state index contributed by atoms with van der Waals surface area (Å²) in [5.74, 6) is -1.13. The van der Waals surface area contributed by atoms with Crippen LogP contribution in [0, 0.1) is 0 Å². The van der Waals surface area contributed by atoms with Crippen molar-refractivity contribution in [3.05, 3.63) is 35.4 Å². The van der Waals surface area contributed by atoms with Gasteiger partial charge in [0.1, 0.15) is 0 Å². The van der Waals surface area contributed by atoms with Gasteiger partial charge in [-0.1, -0.05) is 18.6 Å². The zero-order valence-corrected chi connectivity index (χ0v) is 15.0. The van der Waals surface area contributed by atoms with E-state index in [2.05, 4.69) is 4.79 Å². The van der Waals surface area contributed by atoms with Gasteiger partial charge in [-0.15, -0.1) is 0 Å². The summed E-state index contributed by atoms with van der Waals surface area (Å²) < 4.78 is 26.6. The lowest BCUT2D eigenvalue weighted by atomic mass is 10.0. The van der Waals surface area contributed by atoms with Gasteiger partial charge in [0, 0.05) is 26.4 Å². The van der Waals surface area contributed by atoms with Crippen LogP contribution in [0.5, 0.6) is 0 Å². The molecule has 0 radical (unpaired) electrons. The molecule has 0 atom stereocenters. The summed E-state index contributed by atoms with van der Waals surface area (Å²) in [7, 11) is -3.47. The summed E-state index contributed by atoms with van der Waals surface area (Å²) in [6.45, 7) is 2.26. The molecule has 0 amide bonds. The van der Waals surface area contributed by atoms with Crippen LogP contribution in [0.4, 0.5) is 0 Å². The van der Waals surface area contributed by atoms with Crippen LogP contribution in [-0.2, 0) is 26.0 Å². The quantitative estimate of drug-likeness (QED) is 0.317. The number of hydrogen-bond donors (Lipinski definition) is 0. The first-order valence-corrected chi connectivity index (χ1v) is 9.65. The fraction of sp³-hybridized carbons (Fsp3) is 0.471. The van der Waals surface area contributed by atoms with E-state index >= 15 is 0 Å². The molecule has 1 aliphatic heterocycles. The number of Topliss-reactive ketones (excluding diaryl/α,β-unsaturated/α-hetero) is 2. The molecule has 1 heterocycles. The summed E-state index contributed by atoms with van der Waals surface area (Å²) in [6.07, 6.45) is 3.15. The van der Waals surface area contributed by atoms with E-state index in [0.717, 1.165) is 31.7 Å². The molecule has 1 aliphatic rings. The van der Waals surface area contributed by atoms with Gasteiger partial charge in [-0.3, -0.25) is 9.59 Å². The topological polar surface area (TPSA) is 108 Å². The molecule has 0 bridgehead atoms. The van der Waals surface area contributed by atoms with E-state index in [1.807, 2.05) is 0 Å². The largest absolute Gasteiger partial charge is 0.399 e. The van der Waals surface area contributed by atoms with Crippen molar-refractivity contribution in [3.63, 3.8) is 0 Å². The van der Waals surface area contributed by atoms with Crippen LogP contribution in [0.2, 0.25) is 0 Å². The van der Waals surface area contributed by atoms with Crippen LogP contribution in [0.1, 0.15) is 38.2 Å². The third-order valence-electron chi connectivity index (χ3n) is 4.21. The Labute approximate surface area is 147 Å². The van der Waals surface area contributed by atoms with Gasteiger partial charge in [0.25, 0.3) is 0 Å². The second-order valence-electron chi connectivity index (χ2n) is 6.04. The van der Waals surface area contributed by atoms with Crippen molar-refractivity contribution in [2.45, 2.75) is 43.9 Å². The zero-order chi connectivity index (χ0) is 18.4. The Morgan fingerprint density at radius 1 is 1.12 bits per heavy atom. The summed E-state index contributed by atoms with van der Waals surface area (Å²) >= 11 is 0. The van der Waals surface area contributed by atoms with Crippen molar-refractivity contribution < 1.29 is 22.8 Å². The molecule has 2 rings (SSSR count). The Balaban J connectivity index is 2.03. The average Bonchev–Trinajstić information content (AvgIpc) is 2.61. The average molecular weight is 363 g/mol. The number of hydrogen-bond acceptors (Lipinski definition) is 4. The molecule has 0 unspecified atom stereocenters. The minimum Gasteiger partial charge on any atom is -0.360 e. The fourth-order valence-electron chi connectivity index (χ4n) is 2.78. The number of carbonyl (C=O) groups excluding carboxylic acids is 2. The van der Waals surface area contributed by atoms with Crippen molar-refractivity contribution in [2.24, 2.45) is 0 Å². The second kappa shape index (κ2) is 8.29. The van der Waals surface area contributed by atoms with E-state index in [1.165, 1.54) is 16.4 Å². The Morgan fingerprint density at radius 3 is 2.24 bits per heavy atom. The summed E-state index contributed by atoms with van der Waals surface area (Å²) in [5, 5.41) is 0. The monoisotopic (exact) mass is 363 g/mol. The number of sulfonamides is 1. The predicted molar refractivity (Wildman–Crippen MR) is 91.7 cm³/mol. The summed E-state index contributed by atoms with van der Waals surface area (Å²) in [5.41, 5.74) is 8.99. The molecule has 0 aliphatic carbocycles. The van der Waals surface area contributed by atoms with Gasteiger partial charge in [-0.2, -0.15) is 9.10 Å². The van der Waals surface area contributed by atoms with E-state index in [-0.39, 0.29) is 11.3 Å². The molecule has 134 valence electrons. The van der Waals surface area contributed by atoms with Crippen LogP contribution in [0.25, 0.3) is 5.53 Å². The molecule has 1 saturated heterocycles. The lowest BCUT2D eigenvalue weighted by molar-refractivity contribution is -0.123. The van der Waals surface area contributed by atoms with E-state index in [9.17, 15) is 18.0 Å². The van der Waals surface area contributed by atoms with Crippen LogP contribution < -0.4 is 0 Å². The predicted octanol–water partition coefficient (Wildman–Crippen LogP) is 1.62. The van der Waals surface area contributed by atoms with Gasteiger partial charge in [0.15, 0.2) is 0 Å². The first kappa shape index (κ1) is 19.2. The number of benzene rings is 1. The van der Waals surface area contributed by atoms with Crippen molar-refractivity contribution >= 4 is 27.3 Å². The van der Waals surface area contributed by atoms with Crippen molar-refractivity contribution in [3.8, 4) is 0 Å². The first-order chi connectivity index (χ1) is 11.9. The smallest absolute Gasteiger partial charge is 0.360 e. The molecule has 1 fully saturated rings. The number of nitrogens with zero attached hydrogens (tertiary/aromatic N) is 3. The highest BCUT2D eigenvalue weighted by atomic mass is 32.2. The molecule has 7 nitrogen and oxygen atoms in total. The highest BCUT2D eigenvalue weighted by Crippen LogP contribution is 2.21. The third kappa shape index (κ3) is 4.69. The van der Waals surface area contributed by atoms with E-state index in [0.29, 0.717) is 19.5 Å². The molecule has 0 N–H and O–H groups in total. The molecule has 8 heteroatoms. The standard InChI is InChI=1S/C17H21N3O4S/c1-13(21)17(19-18)16(22)10-7-14-5-8-15(9-6-14)25(23,24)20-11-3-2-4-12-20/h5-6,8-9H,2-4,7,10-12H2,1H3. The number of aryl methyl sites for hydroxylation is 1. The molecular formula is C17H21N3O4S. The molecular weight excluding hydrogens is 342 g/mol. The van der Waals surface area contributed by atoms with Crippen molar-refractivity contribution in [1.29, 1.82) is 0 Å². The molecule has 0 spiro atoms. The second-order valence-corrected chi connectivity index (χ2v) is 7.97. The molecule has 1 aromatic carbocycles. The maximum absolute atomic E-state index is 12.6. The van der Waals surface area contributed by atoms with Crippen LogP contribution in [-0.4, -0.2) is 47.9 Å². The third-order valence-corrected chi connectivity index (χ3v) is 6.13. The van der Waals surface area contributed by atoms with E-state index in [4.69, 9.17) is 5.53 Å². The Kier molecular flexibility index (Phi) is 6.36. The number of carbonyl (C=O) groups is 2. The normalized spacial score (nSPS) is 15.4. The number of ketones is 2. The number of piperidine rings is 1. The van der Waals surface area contributed by atoms with E-state index < -0.39 is 27.3 Å². The minimum atomic E-state index is -3.47. The van der Waals surface area contributed by atoms with E-state index in [1.54, 1.807) is 12.1 Å². The highest BCUT2D eigenvalue weighted by Gasteiger charge is 2.26. The lowest BCUT2D eigenvalue weighted by Crippen LogP contribution is -2.35. The van der Waals surface area contributed by atoms with Gasteiger partial charge in [0.2, 0.25) is 21.6 Å². The lowest BCUT2D eigenvalue weighted by Gasteiger charge is -2.25. The first-order valence-electron chi connectivity index (χ1n) is 8.21. The molecule has 0 aromatic heterocycles. The molecule has 1 aromatic rings. The van der Waals surface area contributed by atoms with Crippen LogP contribution in [0.15, 0.2) is 29.2 Å². The maximum atomic E-state index is 12.6. The van der Waals surface area contributed by atoms with Gasteiger partial charge < -0.3 is 5.53 Å². The van der Waals surface area contributed by atoms with Gasteiger partial charge >= 0.3 is 5.71 Å². The Bertz CT molecular complexity index is 803. The van der Waals surface area contributed by atoms with Gasteiger partial charge in [0.05, 0.1) is 4.90 Å². The molecule has 0 saturated carbocycles. The van der Waals surface area contributed by atoms with Crippen molar-refractivity contribution in [1.82, 2.24) is 4.31 Å². The van der Waals surface area contributed by atoms with Gasteiger partial charge in [-0.05, 0) is 37.0 Å². The summed E-state index contributed by atoms with van der Waals surface area (Å²) in [6, 6.07) is 6.40. The number of rotatable bonds is 7.